The van der Waals surface area contributed by atoms with Crippen LogP contribution in [0.4, 0.5) is 0 Å². The third kappa shape index (κ3) is 4.55. The molecule has 0 saturated carbocycles. The normalized spacial score (nSPS) is 10.9. The molecule has 0 unspecified atom stereocenters. The van der Waals surface area contributed by atoms with Crippen LogP contribution in [-0.4, -0.2) is 22.2 Å². The van der Waals surface area contributed by atoms with Crippen LogP contribution < -0.4 is 0 Å². The Morgan fingerprint density at radius 1 is 0.417 bits per heavy atom. The number of hydrogen-bond acceptors (Lipinski definition) is 2. The summed E-state index contributed by atoms with van der Waals surface area (Å²) >= 11 is 0. The molecule has 2 N–H and O–H groups in total. The van der Waals surface area contributed by atoms with Crippen LogP contribution in [-0.2, 0) is 0 Å². The summed E-state index contributed by atoms with van der Waals surface area (Å²) in [6.45, 7) is 12.3. The van der Waals surface area contributed by atoms with E-state index in [0.717, 1.165) is 55.6 Å². The Hall–Kier alpha value is -4.18. The predicted molar refractivity (Wildman–Crippen MR) is 145 cm³/mol. The molecule has 0 aromatic heterocycles. The number of rotatable bonds is 5. The molecule has 0 atom stereocenters. The first kappa shape index (κ1) is 24.9. The number of aryl methyl sites for hydroxylation is 6. The van der Waals surface area contributed by atoms with Gasteiger partial charge in [-0.2, -0.15) is 0 Å². The van der Waals surface area contributed by atoms with Crippen molar-refractivity contribution in [2.75, 3.05) is 0 Å². The van der Waals surface area contributed by atoms with Gasteiger partial charge in [0.2, 0.25) is 0 Å². The first-order chi connectivity index (χ1) is 17.0. The summed E-state index contributed by atoms with van der Waals surface area (Å²) in [6, 6.07) is 19.3. The second-order valence-electron chi connectivity index (χ2n) is 9.63. The molecule has 0 aliphatic carbocycles. The smallest absolute Gasteiger partial charge is 0.335 e. The minimum Gasteiger partial charge on any atom is -0.478 e. The average Bonchev–Trinajstić information content (AvgIpc) is 2.81. The van der Waals surface area contributed by atoms with E-state index in [0.29, 0.717) is 11.1 Å². The monoisotopic (exact) mass is 478 g/mol. The summed E-state index contributed by atoms with van der Waals surface area (Å²) < 4.78 is 0. The highest BCUT2D eigenvalue weighted by atomic mass is 16.4. The maximum atomic E-state index is 11.3. The first-order valence-corrected chi connectivity index (χ1v) is 11.9. The fourth-order valence-electron chi connectivity index (χ4n) is 4.99. The van der Waals surface area contributed by atoms with Gasteiger partial charge in [0.1, 0.15) is 0 Å². The highest BCUT2D eigenvalue weighted by Crippen LogP contribution is 2.38. The van der Waals surface area contributed by atoms with E-state index >= 15 is 0 Å². The van der Waals surface area contributed by atoms with Gasteiger partial charge in [-0.05, 0) is 133 Å². The van der Waals surface area contributed by atoms with Crippen molar-refractivity contribution in [3.05, 3.63) is 105 Å². The van der Waals surface area contributed by atoms with Crippen LogP contribution in [0.2, 0.25) is 0 Å². The summed E-state index contributed by atoms with van der Waals surface area (Å²) in [5, 5.41) is 18.6. The van der Waals surface area contributed by atoms with Gasteiger partial charge in [0.25, 0.3) is 0 Å². The minimum absolute atomic E-state index is 0.293. The van der Waals surface area contributed by atoms with E-state index in [1.807, 2.05) is 26.0 Å². The van der Waals surface area contributed by atoms with Gasteiger partial charge < -0.3 is 10.2 Å². The van der Waals surface area contributed by atoms with Gasteiger partial charge in [-0.15, -0.1) is 0 Å². The Bertz CT molecular complexity index is 1430. The van der Waals surface area contributed by atoms with E-state index < -0.39 is 11.9 Å². The maximum Gasteiger partial charge on any atom is 0.335 e. The van der Waals surface area contributed by atoms with E-state index in [2.05, 4.69) is 52.0 Å². The molecular formula is C32H30O4. The molecule has 0 amide bonds. The lowest BCUT2D eigenvalue weighted by Crippen LogP contribution is -1.99. The van der Waals surface area contributed by atoms with E-state index in [9.17, 15) is 19.8 Å². The predicted octanol–water partition coefficient (Wildman–Crippen LogP) is 7.93. The third-order valence-corrected chi connectivity index (χ3v) is 6.96. The van der Waals surface area contributed by atoms with Gasteiger partial charge >= 0.3 is 11.9 Å². The Balaban J connectivity index is 1.78. The topological polar surface area (TPSA) is 74.6 Å². The Morgan fingerprint density at radius 2 is 0.667 bits per heavy atom. The maximum absolute atomic E-state index is 11.3. The third-order valence-electron chi connectivity index (χ3n) is 6.96. The number of carbonyl (C=O) groups is 2. The Labute approximate surface area is 211 Å². The lowest BCUT2D eigenvalue weighted by molar-refractivity contribution is 0.0686. The van der Waals surface area contributed by atoms with Crippen LogP contribution in [0.15, 0.2) is 60.7 Å². The zero-order valence-electron chi connectivity index (χ0n) is 21.5. The van der Waals surface area contributed by atoms with Crippen molar-refractivity contribution in [1.29, 1.82) is 0 Å². The average molecular weight is 479 g/mol. The van der Waals surface area contributed by atoms with Crippen LogP contribution in [0.1, 0.15) is 54.1 Å². The second-order valence-corrected chi connectivity index (χ2v) is 9.63. The summed E-state index contributed by atoms with van der Waals surface area (Å²) in [6.07, 6.45) is 0. The number of hydrogen-bond donors (Lipinski definition) is 2. The molecule has 4 heteroatoms. The molecule has 0 aliphatic rings. The van der Waals surface area contributed by atoms with Crippen LogP contribution in [0.3, 0.4) is 0 Å². The molecule has 0 radical (unpaired) electrons. The zero-order chi connectivity index (χ0) is 26.3. The Morgan fingerprint density at radius 3 is 0.917 bits per heavy atom. The van der Waals surface area contributed by atoms with Crippen molar-refractivity contribution in [3.63, 3.8) is 0 Å². The van der Waals surface area contributed by atoms with E-state index in [-0.39, 0.29) is 0 Å². The molecule has 4 rings (SSSR count). The minimum atomic E-state index is -0.921. The van der Waals surface area contributed by atoms with Crippen molar-refractivity contribution in [3.8, 4) is 33.4 Å². The van der Waals surface area contributed by atoms with E-state index in [1.165, 1.54) is 11.1 Å². The molecule has 0 saturated heterocycles. The SMILES string of the molecule is Cc1cc(C(=O)O)ccc1-c1cc(C)c(-c2cc(C)c(-c3ccc(C(=O)O)cc3C)cc2C)cc1C. The van der Waals surface area contributed by atoms with Crippen molar-refractivity contribution >= 4 is 11.9 Å². The van der Waals surface area contributed by atoms with Crippen molar-refractivity contribution < 1.29 is 19.8 Å². The molecular weight excluding hydrogens is 448 g/mol. The summed E-state index contributed by atoms with van der Waals surface area (Å²) in [5.41, 5.74) is 13.6. The lowest BCUT2D eigenvalue weighted by Gasteiger charge is -2.18. The van der Waals surface area contributed by atoms with Crippen LogP contribution in [0, 0.1) is 41.5 Å². The fraction of sp³-hybridized carbons (Fsp3) is 0.188. The quantitative estimate of drug-likeness (QED) is 0.305. The molecule has 36 heavy (non-hydrogen) atoms. The van der Waals surface area contributed by atoms with Crippen LogP contribution in [0.5, 0.6) is 0 Å². The molecule has 0 spiro atoms. The zero-order valence-corrected chi connectivity index (χ0v) is 21.5. The molecule has 0 fully saturated rings. The van der Waals surface area contributed by atoms with Gasteiger partial charge in [0.15, 0.2) is 0 Å². The van der Waals surface area contributed by atoms with Gasteiger partial charge in [-0.25, -0.2) is 9.59 Å². The summed E-state index contributed by atoms with van der Waals surface area (Å²) in [5.74, 6) is -1.84. The van der Waals surface area contributed by atoms with Gasteiger partial charge in [-0.3, -0.25) is 0 Å². The molecule has 4 nitrogen and oxygen atoms in total. The largest absolute Gasteiger partial charge is 0.478 e. The van der Waals surface area contributed by atoms with Crippen molar-refractivity contribution in [2.24, 2.45) is 0 Å². The van der Waals surface area contributed by atoms with Gasteiger partial charge in [0, 0.05) is 0 Å². The molecule has 4 aromatic carbocycles. The van der Waals surface area contributed by atoms with E-state index in [4.69, 9.17) is 0 Å². The fourth-order valence-corrected chi connectivity index (χ4v) is 4.99. The molecule has 0 aliphatic heterocycles. The highest BCUT2D eigenvalue weighted by Gasteiger charge is 2.16. The van der Waals surface area contributed by atoms with E-state index in [1.54, 1.807) is 24.3 Å². The standard InChI is InChI=1S/C32H30O4/c1-17-11-23(31(33)34)7-9-25(17)27-13-21(5)29(15-19(27)3)30-16-20(4)28(14-22(30)6)26-10-8-24(32(35)36)12-18(26)2/h7-16H,1-6H3,(H,33,34)(H,35,36). The highest BCUT2D eigenvalue weighted by molar-refractivity contribution is 5.90. The summed E-state index contributed by atoms with van der Waals surface area (Å²) in [7, 11) is 0. The van der Waals surface area contributed by atoms with Crippen LogP contribution >= 0.6 is 0 Å². The first-order valence-electron chi connectivity index (χ1n) is 11.9. The molecule has 0 bridgehead atoms. The summed E-state index contributed by atoms with van der Waals surface area (Å²) in [4.78, 5) is 22.7. The number of carboxylic acid groups (broad SMARTS) is 2. The van der Waals surface area contributed by atoms with Gasteiger partial charge in [-0.1, -0.05) is 36.4 Å². The lowest BCUT2D eigenvalue weighted by atomic mass is 9.86. The molecule has 0 heterocycles. The van der Waals surface area contributed by atoms with Crippen molar-refractivity contribution in [1.82, 2.24) is 0 Å². The number of aromatic carboxylic acids is 2. The number of carboxylic acids is 2. The van der Waals surface area contributed by atoms with Gasteiger partial charge in [0.05, 0.1) is 11.1 Å². The Kier molecular flexibility index (Phi) is 6.55. The van der Waals surface area contributed by atoms with Crippen molar-refractivity contribution in [2.45, 2.75) is 41.5 Å². The molecule has 182 valence electrons. The molecule has 4 aromatic rings. The second kappa shape index (κ2) is 9.46. The van der Waals surface area contributed by atoms with Crippen LogP contribution in [0.25, 0.3) is 33.4 Å². The number of benzene rings is 4.